The number of hydrogen-bond acceptors (Lipinski definition) is 4. The van der Waals surface area contributed by atoms with Crippen LogP contribution in [0.3, 0.4) is 0 Å². The first-order chi connectivity index (χ1) is 11.1. The monoisotopic (exact) mass is 323 g/mol. The molecule has 0 aromatic heterocycles. The van der Waals surface area contributed by atoms with E-state index in [1.807, 2.05) is 4.90 Å². The Hall–Kier alpha value is -1.14. The van der Waals surface area contributed by atoms with E-state index in [0.717, 1.165) is 64.8 Å². The fraction of sp³-hybridized carbons (Fsp3) is 0.882. The minimum absolute atomic E-state index is 0.115. The van der Waals surface area contributed by atoms with Crippen LogP contribution in [0.25, 0.3) is 0 Å². The van der Waals surface area contributed by atoms with Gasteiger partial charge in [0.1, 0.15) is 0 Å². The molecular weight excluding hydrogens is 294 g/mol. The van der Waals surface area contributed by atoms with E-state index in [4.69, 9.17) is 4.74 Å². The molecule has 3 aliphatic rings. The zero-order valence-corrected chi connectivity index (χ0v) is 14.1. The summed E-state index contributed by atoms with van der Waals surface area (Å²) in [5.74, 6) is 0.288. The second-order valence-electron chi connectivity index (χ2n) is 7.12. The molecule has 6 nitrogen and oxygen atoms in total. The van der Waals surface area contributed by atoms with Gasteiger partial charge < -0.3 is 15.0 Å². The molecule has 2 heterocycles. The van der Waals surface area contributed by atoms with Gasteiger partial charge in [0, 0.05) is 44.8 Å². The Balaban J connectivity index is 1.47. The highest BCUT2D eigenvalue weighted by Gasteiger charge is 2.35. The van der Waals surface area contributed by atoms with Crippen LogP contribution < -0.4 is 5.32 Å². The molecule has 0 aromatic rings. The Kier molecular flexibility index (Phi) is 5.54. The molecule has 0 unspecified atom stereocenters. The van der Waals surface area contributed by atoms with Crippen molar-refractivity contribution in [1.29, 1.82) is 0 Å². The van der Waals surface area contributed by atoms with E-state index in [-0.39, 0.29) is 17.9 Å². The molecule has 0 radical (unpaired) electrons. The lowest BCUT2D eigenvalue weighted by atomic mass is 10.1. The summed E-state index contributed by atoms with van der Waals surface area (Å²) in [5, 5.41) is 3.14. The zero-order chi connectivity index (χ0) is 16.2. The van der Waals surface area contributed by atoms with Crippen LogP contribution >= 0.6 is 0 Å². The fourth-order valence-corrected chi connectivity index (χ4v) is 3.76. The van der Waals surface area contributed by atoms with Crippen LogP contribution in [0.15, 0.2) is 0 Å². The second-order valence-corrected chi connectivity index (χ2v) is 7.12. The maximum atomic E-state index is 12.3. The van der Waals surface area contributed by atoms with Crippen LogP contribution in [-0.2, 0) is 14.3 Å². The van der Waals surface area contributed by atoms with Gasteiger partial charge in [-0.1, -0.05) is 0 Å². The maximum absolute atomic E-state index is 12.3. The summed E-state index contributed by atoms with van der Waals surface area (Å²) in [5.41, 5.74) is 0. The molecule has 2 saturated heterocycles. The lowest BCUT2D eigenvalue weighted by molar-refractivity contribution is -0.130. The molecule has 2 amide bonds. The van der Waals surface area contributed by atoms with Gasteiger partial charge in [-0.05, 0) is 45.1 Å². The third kappa shape index (κ3) is 4.67. The molecule has 1 N–H and O–H groups in total. The van der Waals surface area contributed by atoms with E-state index in [2.05, 4.69) is 10.2 Å². The number of carbonyl (C=O) groups is 2. The molecule has 2 aliphatic heterocycles. The lowest BCUT2D eigenvalue weighted by Gasteiger charge is -2.31. The van der Waals surface area contributed by atoms with Gasteiger partial charge in [0.15, 0.2) is 0 Å². The number of nitrogens with zero attached hydrogens (tertiary/aromatic N) is 2. The largest absolute Gasteiger partial charge is 0.381 e. The summed E-state index contributed by atoms with van der Waals surface area (Å²) in [6.45, 7) is 5.35. The minimum atomic E-state index is 0.115. The van der Waals surface area contributed by atoms with E-state index >= 15 is 0 Å². The van der Waals surface area contributed by atoms with Crippen molar-refractivity contribution in [3.05, 3.63) is 0 Å². The molecular formula is C17H29N3O3. The van der Waals surface area contributed by atoms with Crippen molar-refractivity contribution in [1.82, 2.24) is 15.1 Å². The molecule has 1 saturated carbocycles. The molecule has 0 aromatic carbocycles. The van der Waals surface area contributed by atoms with Crippen molar-refractivity contribution in [3.63, 3.8) is 0 Å². The smallest absolute Gasteiger partial charge is 0.234 e. The third-order valence-electron chi connectivity index (χ3n) is 5.23. The third-order valence-corrected chi connectivity index (χ3v) is 5.23. The number of amides is 2. The summed E-state index contributed by atoms with van der Waals surface area (Å²) in [6.07, 6.45) is 6.30. The quantitative estimate of drug-likeness (QED) is 0.784. The van der Waals surface area contributed by atoms with Crippen molar-refractivity contribution < 1.29 is 14.3 Å². The highest BCUT2D eigenvalue weighted by atomic mass is 16.5. The number of carbonyl (C=O) groups excluding carboxylic acids is 2. The summed E-state index contributed by atoms with van der Waals surface area (Å²) in [7, 11) is 0. The number of ether oxygens (including phenoxy) is 1. The Morgan fingerprint density at radius 2 is 1.91 bits per heavy atom. The van der Waals surface area contributed by atoms with E-state index in [9.17, 15) is 9.59 Å². The summed E-state index contributed by atoms with van der Waals surface area (Å²) >= 11 is 0. The van der Waals surface area contributed by atoms with Crippen molar-refractivity contribution in [2.45, 2.75) is 63.6 Å². The van der Waals surface area contributed by atoms with Crippen LogP contribution in [0, 0.1) is 0 Å². The van der Waals surface area contributed by atoms with E-state index in [1.165, 1.54) is 0 Å². The normalized spacial score (nSPS) is 26.2. The lowest BCUT2D eigenvalue weighted by Crippen LogP contribution is -2.48. The Morgan fingerprint density at radius 3 is 2.57 bits per heavy atom. The highest BCUT2D eigenvalue weighted by Crippen LogP contribution is 2.29. The summed E-state index contributed by atoms with van der Waals surface area (Å²) < 4.78 is 5.33. The van der Waals surface area contributed by atoms with Crippen LogP contribution in [-0.4, -0.2) is 72.6 Å². The minimum Gasteiger partial charge on any atom is -0.381 e. The maximum Gasteiger partial charge on any atom is 0.234 e. The Bertz CT molecular complexity index is 433. The number of rotatable bonds is 6. The molecule has 130 valence electrons. The molecule has 0 spiro atoms. The molecule has 23 heavy (non-hydrogen) atoms. The summed E-state index contributed by atoms with van der Waals surface area (Å²) in [4.78, 5) is 28.4. The SMILES string of the molecule is CC(=O)N(C[C@H]1CCCN1CC(=O)NC1CCOCC1)C1CC1. The second kappa shape index (κ2) is 7.62. The van der Waals surface area contributed by atoms with Crippen LogP contribution in [0.2, 0.25) is 0 Å². The Morgan fingerprint density at radius 1 is 1.17 bits per heavy atom. The highest BCUT2D eigenvalue weighted by molar-refractivity contribution is 5.78. The fourth-order valence-electron chi connectivity index (χ4n) is 3.76. The average molecular weight is 323 g/mol. The van der Waals surface area contributed by atoms with Crippen molar-refractivity contribution in [2.24, 2.45) is 0 Å². The van der Waals surface area contributed by atoms with Gasteiger partial charge in [-0.15, -0.1) is 0 Å². The van der Waals surface area contributed by atoms with E-state index in [1.54, 1.807) is 6.92 Å². The van der Waals surface area contributed by atoms with Crippen LogP contribution in [0.1, 0.15) is 45.4 Å². The van der Waals surface area contributed by atoms with Gasteiger partial charge in [0.2, 0.25) is 11.8 Å². The topological polar surface area (TPSA) is 61.9 Å². The number of nitrogens with one attached hydrogen (secondary N) is 1. The van der Waals surface area contributed by atoms with Crippen molar-refractivity contribution in [2.75, 3.05) is 32.8 Å². The predicted molar refractivity (Wildman–Crippen MR) is 87.0 cm³/mol. The molecule has 6 heteroatoms. The predicted octanol–water partition coefficient (Wildman–Crippen LogP) is 0.757. The average Bonchev–Trinajstić information content (AvgIpc) is 3.27. The van der Waals surface area contributed by atoms with Crippen molar-refractivity contribution >= 4 is 11.8 Å². The van der Waals surface area contributed by atoms with Gasteiger partial charge in [-0.2, -0.15) is 0 Å². The van der Waals surface area contributed by atoms with Gasteiger partial charge in [-0.25, -0.2) is 0 Å². The van der Waals surface area contributed by atoms with E-state index in [0.29, 0.717) is 18.6 Å². The molecule has 1 aliphatic carbocycles. The standard InChI is InChI=1S/C17H29N3O3/c1-13(21)20(15-4-5-15)11-16-3-2-8-19(16)12-17(22)18-14-6-9-23-10-7-14/h14-16H,2-12H2,1H3,(H,18,22)/t16-/m1/s1. The first-order valence-corrected chi connectivity index (χ1v) is 9.02. The van der Waals surface area contributed by atoms with Gasteiger partial charge in [0.05, 0.1) is 6.54 Å². The molecule has 1 atom stereocenters. The zero-order valence-electron chi connectivity index (χ0n) is 14.1. The van der Waals surface area contributed by atoms with Crippen LogP contribution in [0.5, 0.6) is 0 Å². The van der Waals surface area contributed by atoms with Crippen LogP contribution in [0.4, 0.5) is 0 Å². The Labute approximate surface area is 138 Å². The van der Waals surface area contributed by atoms with Gasteiger partial charge in [-0.3, -0.25) is 14.5 Å². The molecule has 3 fully saturated rings. The van der Waals surface area contributed by atoms with E-state index < -0.39 is 0 Å². The van der Waals surface area contributed by atoms with Gasteiger partial charge in [0.25, 0.3) is 0 Å². The molecule has 3 rings (SSSR count). The van der Waals surface area contributed by atoms with Gasteiger partial charge >= 0.3 is 0 Å². The summed E-state index contributed by atoms with van der Waals surface area (Å²) in [6, 6.07) is 1.04. The first kappa shape index (κ1) is 16.7. The van der Waals surface area contributed by atoms with Crippen molar-refractivity contribution in [3.8, 4) is 0 Å². The molecule has 0 bridgehead atoms. The number of likely N-dealkylation sites (tertiary alicyclic amines) is 1. The first-order valence-electron chi connectivity index (χ1n) is 9.02. The number of hydrogen-bond donors (Lipinski definition) is 1.